The van der Waals surface area contributed by atoms with Crippen molar-refractivity contribution in [2.24, 2.45) is 11.7 Å². The van der Waals surface area contributed by atoms with Gasteiger partial charge in [-0.15, -0.1) is 0 Å². The lowest BCUT2D eigenvalue weighted by Crippen LogP contribution is -2.24. The fourth-order valence-electron chi connectivity index (χ4n) is 2.48. The largest absolute Gasteiger partial charge is 0.497 e. The number of nitrogen functional groups attached to an aromatic ring is 1. The zero-order valence-corrected chi connectivity index (χ0v) is 11.6. The van der Waals surface area contributed by atoms with Crippen LogP contribution in [0.4, 0.5) is 0 Å². The molecule has 1 aliphatic carbocycles. The van der Waals surface area contributed by atoms with Crippen LogP contribution in [0.5, 0.6) is 11.5 Å². The molecule has 0 atom stereocenters. The molecule has 1 aromatic rings. The Balaban J connectivity index is 2.15. The number of methoxy groups -OCH3 is 1. The number of nitrogens with one attached hydrogen (secondary N) is 1. The van der Waals surface area contributed by atoms with Crippen LogP contribution in [0.3, 0.4) is 0 Å². The number of benzene rings is 1. The summed E-state index contributed by atoms with van der Waals surface area (Å²) in [6.45, 7) is 2.28. The zero-order chi connectivity index (χ0) is 13.8. The Morgan fingerprint density at radius 1 is 1.26 bits per heavy atom. The maximum absolute atomic E-state index is 7.61. The number of hydrogen-bond acceptors (Lipinski definition) is 3. The summed E-state index contributed by atoms with van der Waals surface area (Å²) in [6.07, 6.45) is 4.75. The summed E-state index contributed by atoms with van der Waals surface area (Å²) in [5.41, 5.74) is 6.23. The summed E-state index contributed by atoms with van der Waals surface area (Å²) in [5.74, 6) is 2.20. The average Bonchev–Trinajstić information content (AvgIpc) is 2.41. The maximum Gasteiger partial charge on any atom is 0.134 e. The lowest BCUT2D eigenvalue weighted by atomic mass is 9.89. The van der Waals surface area contributed by atoms with Crippen LogP contribution in [0.15, 0.2) is 18.2 Å². The molecule has 1 aliphatic rings. The van der Waals surface area contributed by atoms with E-state index in [9.17, 15) is 0 Å². The van der Waals surface area contributed by atoms with E-state index < -0.39 is 0 Å². The zero-order valence-electron chi connectivity index (χ0n) is 11.6. The number of rotatable bonds is 4. The molecule has 1 saturated carbocycles. The van der Waals surface area contributed by atoms with Crippen molar-refractivity contribution in [3.8, 4) is 11.5 Å². The topological polar surface area (TPSA) is 68.3 Å². The second-order valence-electron chi connectivity index (χ2n) is 5.28. The quantitative estimate of drug-likeness (QED) is 0.647. The summed E-state index contributed by atoms with van der Waals surface area (Å²) in [4.78, 5) is 0. The summed E-state index contributed by atoms with van der Waals surface area (Å²) in [5, 5.41) is 7.61. The Hall–Kier alpha value is -1.71. The molecular weight excluding hydrogens is 240 g/mol. The van der Waals surface area contributed by atoms with Gasteiger partial charge >= 0.3 is 0 Å². The first-order chi connectivity index (χ1) is 9.10. The number of hydrogen-bond donors (Lipinski definition) is 2. The first-order valence-corrected chi connectivity index (χ1v) is 6.79. The molecule has 19 heavy (non-hydrogen) atoms. The van der Waals surface area contributed by atoms with Crippen molar-refractivity contribution < 1.29 is 9.47 Å². The monoisotopic (exact) mass is 262 g/mol. The van der Waals surface area contributed by atoms with E-state index in [-0.39, 0.29) is 11.9 Å². The molecule has 0 saturated heterocycles. The maximum atomic E-state index is 7.61. The molecule has 0 aromatic heterocycles. The molecule has 4 nitrogen and oxygen atoms in total. The first-order valence-electron chi connectivity index (χ1n) is 6.79. The fourth-order valence-corrected chi connectivity index (χ4v) is 2.48. The molecule has 4 heteroatoms. The third kappa shape index (κ3) is 3.40. The number of nitrogens with two attached hydrogens (primary N) is 1. The van der Waals surface area contributed by atoms with Gasteiger partial charge in [0.15, 0.2) is 0 Å². The smallest absolute Gasteiger partial charge is 0.134 e. The predicted octanol–water partition coefficient (Wildman–Crippen LogP) is 2.94. The number of amidine groups is 1. The lowest BCUT2D eigenvalue weighted by Gasteiger charge is -2.27. The molecular formula is C15H22N2O2. The first kappa shape index (κ1) is 13.7. The Kier molecular flexibility index (Phi) is 4.30. The molecule has 0 heterocycles. The van der Waals surface area contributed by atoms with Crippen LogP contribution < -0.4 is 15.2 Å². The van der Waals surface area contributed by atoms with E-state index in [2.05, 4.69) is 6.92 Å². The summed E-state index contributed by atoms with van der Waals surface area (Å²) in [7, 11) is 1.62. The molecule has 104 valence electrons. The molecule has 1 fully saturated rings. The Morgan fingerprint density at radius 2 is 1.95 bits per heavy atom. The highest BCUT2D eigenvalue weighted by molar-refractivity contribution is 5.97. The van der Waals surface area contributed by atoms with Crippen molar-refractivity contribution >= 4 is 5.84 Å². The third-order valence-electron chi connectivity index (χ3n) is 3.74. The van der Waals surface area contributed by atoms with Gasteiger partial charge in [-0.2, -0.15) is 0 Å². The van der Waals surface area contributed by atoms with E-state index in [0.717, 1.165) is 24.5 Å². The Morgan fingerprint density at radius 3 is 2.53 bits per heavy atom. The van der Waals surface area contributed by atoms with Crippen LogP contribution in [-0.2, 0) is 0 Å². The van der Waals surface area contributed by atoms with Crippen LogP contribution in [0, 0.1) is 11.3 Å². The van der Waals surface area contributed by atoms with Gasteiger partial charge in [0.1, 0.15) is 17.3 Å². The van der Waals surface area contributed by atoms with Crippen molar-refractivity contribution in [3.05, 3.63) is 23.8 Å². The molecule has 2 rings (SSSR count). The Labute approximate surface area is 114 Å². The van der Waals surface area contributed by atoms with Crippen LogP contribution in [0.1, 0.15) is 38.2 Å². The standard InChI is InChI=1S/C15H22N2O2/c1-10-3-5-11(6-4-10)19-14-9-12(18-2)7-8-13(14)15(16)17/h7-11H,3-6H2,1-2H3,(H3,16,17). The molecule has 3 N–H and O–H groups in total. The molecule has 1 aromatic carbocycles. The normalized spacial score (nSPS) is 22.8. The van der Waals surface area contributed by atoms with Crippen molar-refractivity contribution in [1.82, 2.24) is 0 Å². The van der Waals surface area contributed by atoms with Gasteiger partial charge in [-0.05, 0) is 43.7 Å². The minimum atomic E-state index is 0.0295. The summed E-state index contributed by atoms with van der Waals surface area (Å²) in [6, 6.07) is 5.39. The van der Waals surface area contributed by atoms with Gasteiger partial charge in [0.05, 0.1) is 18.8 Å². The van der Waals surface area contributed by atoms with Crippen molar-refractivity contribution in [2.75, 3.05) is 7.11 Å². The second kappa shape index (κ2) is 5.95. The average molecular weight is 262 g/mol. The highest BCUT2D eigenvalue weighted by atomic mass is 16.5. The van der Waals surface area contributed by atoms with E-state index >= 15 is 0 Å². The second-order valence-corrected chi connectivity index (χ2v) is 5.28. The number of ether oxygens (including phenoxy) is 2. The molecule has 0 unspecified atom stereocenters. The third-order valence-corrected chi connectivity index (χ3v) is 3.74. The van der Waals surface area contributed by atoms with Crippen LogP contribution >= 0.6 is 0 Å². The summed E-state index contributed by atoms with van der Waals surface area (Å²) < 4.78 is 11.2. The minimum Gasteiger partial charge on any atom is -0.497 e. The highest BCUT2D eigenvalue weighted by Gasteiger charge is 2.21. The molecule has 0 amide bonds. The molecule has 0 spiro atoms. The van der Waals surface area contributed by atoms with Gasteiger partial charge < -0.3 is 15.2 Å². The van der Waals surface area contributed by atoms with Gasteiger partial charge in [0.25, 0.3) is 0 Å². The van der Waals surface area contributed by atoms with Gasteiger partial charge in [0, 0.05) is 6.07 Å². The van der Waals surface area contributed by atoms with Gasteiger partial charge in [-0.3, -0.25) is 5.41 Å². The van der Waals surface area contributed by atoms with Crippen molar-refractivity contribution in [2.45, 2.75) is 38.7 Å². The van der Waals surface area contributed by atoms with E-state index in [0.29, 0.717) is 11.3 Å². The van der Waals surface area contributed by atoms with E-state index in [1.165, 1.54) is 12.8 Å². The Bertz CT molecular complexity index is 451. The molecule has 0 aliphatic heterocycles. The van der Waals surface area contributed by atoms with Crippen LogP contribution in [-0.4, -0.2) is 19.0 Å². The van der Waals surface area contributed by atoms with Crippen LogP contribution in [0.25, 0.3) is 0 Å². The lowest BCUT2D eigenvalue weighted by molar-refractivity contribution is 0.135. The van der Waals surface area contributed by atoms with Gasteiger partial charge in [-0.1, -0.05) is 6.92 Å². The molecule has 0 radical (unpaired) electrons. The SMILES string of the molecule is COc1ccc(C(=N)N)c(OC2CCC(C)CC2)c1. The van der Waals surface area contributed by atoms with Crippen molar-refractivity contribution in [1.29, 1.82) is 5.41 Å². The highest BCUT2D eigenvalue weighted by Crippen LogP contribution is 2.30. The van der Waals surface area contributed by atoms with Gasteiger partial charge in [0.2, 0.25) is 0 Å². The van der Waals surface area contributed by atoms with E-state index in [1.807, 2.05) is 6.07 Å². The fraction of sp³-hybridized carbons (Fsp3) is 0.533. The molecule has 0 bridgehead atoms. The van der Waals surface area contributed by atoms with Crippen LogP contribution in [0.2, 0.25) is 0 Å². The minimum absolute atomic E-state index is 0.0295. The summed E-state index contributed by atoms with van der Waals surface area (Å²) >= 11 is 0. The van der Waals surface area contributed by atoms with E-state index in [1.54, 1.807) is 19.2 Å². The van der Waals surface area contributed by atoms with Crippen molar-refractivity contribution in [3.63, 3.8) is 0 Å². The van der Waals surface area contributed by atoms with E-state index in [4.69, 9.17) is 20.6 Å². The predicted molar refractivity (Wildman–Crippen MR) is 76.1 cm³/mol. The van der Waals surface area contributed by atoms with Gasteiger partial charge in [-0.25, -0.2) is 0 Å².